The van der Waals surface area contributed by atoms with Crippen LogP contribution in [0.4, 0.5) is 4.39 Å². The number of rotatable bonds is 7. The van der Waals surface area contributed by atoms with Crippen molar-refractivity contribution in [3.05, 3.63) is 42.0 Å². The first-order chi connectivity index (χ1) is 10.3. The normalized spacial score (nSPS) is 11.7. The summed E-state index contributed by atoms with van der Waals surface area (Å²) in [6.07, 6.45) is 2.38. The number of hydrogen-bond acceptors (Lipinski definition) is 4. The van der Waals surface area contributed by atoms with Gasteiger partial charge in [0.05, 0.1) is 6.33 Å². The molecule has 6 heteroatoms. The van der Waals surface area contributed by atoms with Crippen molar-refractivity contribution < 1.29 is 9.13 Å². The number of aromatic amines is 1. The highest BCUT2D eigenvalue weighted by Gasteiger charge is 2.06. The fourth-order valence-corrected chi connectivity index (χ4v) is 1.78. The molecule has 3 N–H and O–H groups in total. The van der Waals surface area contributed by atoms with Crippen LogP contribution in [0.1, 0.15) is 19.2 Å². The lowest BCUT2D eigenvalue weighted by molar-refractivity contribution is 0.347. The van der Waals surface area contributed by atoms with Gasteiger partial charge in [-0.3, -0.25) is 5.10 Å². The summed E-state index contributed by atoms with van der Waals surface area (Å²) in [5, 5.41) is 7.10. The molecule has 0 aliphatic rings. The summed E-state index contributed by atoms with van der Waals surface area (Å²) in [7, 11) is 0. The molecule has 2 aromatic rings. The van der Waals surface area contributed by atoms with E-state index in [0.29, 0.717) is 23.5 Å². The second kappa shape index (κ2) is 7.54. The molecule has 1 aromatic heterocycles. The molecule has 2 rings (SSSR count). The number of nitrogens with zero attached hydrogens (tertiary/aromatic N) is 2. The Hall–Kier alpha value is -2.21. The Bertz CT molecular complexity index is 592. The molecule has 0 amide bonds. The molecule has 0 saturated heterocycles. The number of benzene rings is 1. The molecule has 0 fully saturated rings. The second-order valence-corrected chi connectivity index (χ2v) is 4.64. The number of halogens is 1. The number of ether oxygens (including phenoxy) is 1. The Labute approximate surface area is 123 Å². The number of hydrogen-bond donors (Lipinski definition) is 2. The van der Waals surface area contributed by atoms with E-state index in [1.807, 2.05) is 12.1 Å². The quantitative estimate of drug-likeness (QED) is 0.821. The fraction of sp³-hybridized carbons (Fsp3) is 0.333. The minimum atomic E-state index is 0.145. The highest BCUT2D eigenvalue weighted by atomic mass is 19.1. The van der Waals surface area contributed by atoms with Crippen LogP contribution in [0.15, 0.2) is 36.2 Å². The van der Waals surface area contributed by atoms with Crippen LogP contribution in [-0.4, -0.2) is 28.3 Å². The van der Waals surface area contributed by atoms with Crippen molar-refractivity contribution >= 4 is 0 Å². The van der Waals surface area contributed by atoms with E-state index in [2.05, 4.69) is 22.1 Å². The molecule has 0 saturated carbocycles. The molecular weight excluding hydrogens is 271 g/mol. The highest BCUT2D eigenvalue weighted by molar-refractivity contribution is 5.55. The van der Waals surface area contributed by atoms with Gasteiger partial charge in [-0.1, -0.05) is 6.92 Å². The van der Waals surface area contributed by atoms with Crippen molar-refractivity contribution in [3.63, 3.8) is 0 Å². The lowest BCUT2D eigenvalue weighted by atomic mass is 10.2. The second-order valence-electron chi connectivity index (χ2n) is 4.64. The zero-order valence-corrected chi connectivity index (χ0v) is 12.0. The third-order valence-electron chi connectivity index (χ3n) is 2.97. The average Bonchev–Trinajstić information content (AvgIpc) is 2.98. The average molecular weight is 290 g/mol. The zero-order chi connectivity index (χ0) is 15.1. The van der Waals surface area contributed by atoms with Gasteiger partial charge in [-0.05, 0) is 30.7 Å². The molecule has 112 valence electrons. The number of nitrogens with one attached hydrogen (secondary N) is 1. The minimum absolute atomic E-state index is 0.145. The van der Waals surface area contributed by atoms with Crippen molar-refractivity contribution in [1.82, 2.24) is 15.2 Å². The summed E-state index contributed by atoms with van der Waals surface area (Å²) < 4.78 is 17.8. The maximum Gasteiger partial charge on any atom is 0.181 e. The van der Waals surface area contributed by atoms with Crippen LogP contribution in [0.25, 0.3) is 11.4 Å². The van der Waals surface area contributed by atoms with Gasteiger partial charge < -0.3 is 10.5 Å². The number of aryl methyl sites for hydroxylation is 1. The van der Waals surface area contributed by atoms with Crippen LogP contribution in [0.5, 0.6) is 5.75 Å². The topological polar surface area (TPSA) is 76.8 Å². The summed E-state index contributed by atoms with van der Waals surface area (Å²) >= 11 is 0. The van der Waals surface area contributed by atoms with E-state index in [-0.39, 0.29) is 13.2 Å². The SMILES string of the molecule is CCCc1nc(-c2ccc(OC/C(=C\F)CN)cc2)n[nH]1. The third-order valence-corrected chi connectivity index (χ3v) is 2.97. The molecule has 5 nitrogen and oxygen atoms in total. The van der Waals surface area contributed by atoms with E-state index in [9.17, 15) is 4.39 Å². The van der Waals surface area contributed by atoms with Gasteiger partial charge in [0, 0.05) is 24.1 Å². The number of nitrogens with two attached hydrogens (primary N) is 1. The summed E-state index contributed by atoms with van der Waals surface area (Å²) in [4.78, 5) is 4.42. The first-order valence-electron chi connectivity index (χ1n) is 6.89. The highest BCUT2D eigenvalue weighted by Crippen LogP contribution is 2.19. The maximum atomic E-state index is 12.4. The Kier molecular flexibility index (Phi) is 5.45. The molecule has 0 bridgehead atoms. The van der Waals surface area contributed by atoms with Crippen LogP contribution in [-0.2, 0) is 6.42 Å². The van der Waals surface area contributed by atoms with Crippen LogP contribution in [0.2, 0.25) is 0 Å². The lowest BCUT2D eigenvalue weighted by Crippen LogP contribution is -2.10. The summed E-state index contributed by atoms with van der Waals surface area (Å²) in [5.74, 6) is 2.20. The molecule has 1 aromatic carbocycles. The van der Waals surface area contributed by atoms with Gasteiger partial charge in [0.15, 0.2) is 5.82 Å². The van der Waals surface area contributed by atoms with Gasteiger partial charge in [-0.25, -0.2) is 9.37 Å². The predicted molar refractivity (Wildman–Crippen MR) is 79.6 cm³/mol. The van der Waals surface area contributed by atoms with Crippen molar-refractivity contribution in [2.75, 3.05) is 13.2 Å². The standard InChI is InChI=1S/C15H19FN4O/c1-2-3-14-18-15(20-19-14)12-4-6-13(7-5-12)21-10-11(8-16)9-17/h4-8H,2-3,9-10,17H2,1H3,(H,18,19,20)/b11-8-. The van der Waals surface area contributed by atoms with E-state index in [1.54, 1.807) is 12.1 Å². The van der Waals surface area contributed by atoms with E-state index in [1.165, 1.54) is 0 Å². The van der Waals surface area contributed by atoms with Crippen molar-refractivity contribution in [2.24, 2.45) is 5.73 Å². The van der Waals surface area contributed by atoms with Crippen LogP contribution >= 0.6 is 0 Å². The van der Waals surface area contributed by atoms with Gasteiger partial charge in [-0.2, -0.15) is 5.10 Å². The smallest absolute Gasteiger partial charge is 0.181 e. The Morgan fingerprint density at radius 3 is 2.76 bits per heavy atom. The van der Waals surface area contributed by atoms with Crippen molar-refractivity contribution in [1.29, 1.82) is 0 Å². The molecule has 1 heterocycles. The first-order valence-corrected chi connectivity index (χ1v) is 6.89. The molecule has 0 aliphatic carbocycles. The summed E-state index contributed by atoms with van der Waals surface area (Å²) in [6.45, 7) is 2.38. The molecule has 0 unspecified atom stereocenters. The molecular formula is C15H19FN4O. The molecule has 0 radical (unpaired) electrons. The maximum absolute atomic E-state index is 12.4. The van der Waals surface area contributed by atoms with E-state index in [4.69, 9.17) is 10.5 Å². The van der Waals surface area contributed by atoms with Gasteiger partial charge in [0.2, 0.25) is 0 Å². The van der Waals surface area contributed by atoms with Crippen LogP contribution < -0.4 is 10.5 Å². The predicted octanol–water partition coefficient (Wildman–Crippen LogP) is 2.62. The van der Waals surface area contributed by atoms with E-state index < -0.39 is 0 Å². The van der Waals surface area contributed by atoms with Crippen molar-refractivity contribution in [3.8, 4) is 17.1 Å². The first kappa shape index (κ1) is 15.2. The third kappa shape index (κ3) is 4.13. The van der Waals surface area contributed by atoms with Gasteiger partial charge in [-0.15, -0.1) is 0 Å². The summed E-state index contributed by atoms with van der Waals surface area (Å²) in [6, 6.07) is 7.35. The van der Waals surface area contributed by atoms with Crippen molar-refractivity contribution in [2.45, 2.75) is 19.8 Å². The zero-order valence-electron chi connectivity index (χ0n) is 12.0. The fourth-order valence-electron chi connectivity index (χ4n) is 1.78. The van der Waals surface area contributed by atoms with Gasteiger partial charge >= 0.3 is 0 Å². The molecule has 0 atom stereocenters. The minimum Gasteiger partial charge on any atom is -0.489 e. The van der Waals surface area contributed by atoms with Crippen LogP contribution in [0.3, 0.4) is 0 Å². The van der Waals surface area contributed by atoms with Gasteiger partial charge in [0.1, 0.15) is 18.2 Å². The largest absolute Gasteiger partial charge is 0.489 e. The Morgan fingerprint density at radius 1 is 1.38 bits per heavy atom. The van der Waals surface area contributed by atoms with E-state index in [0.717, 1.165) is 24.2 Å². The molecule has 0 aliphatic heterocycles. The number of aromatic nitrogens is 3. The van der Waals surface area contributed by atoms with Gasteiger partial charge in [0.25, 0.3) is 0 Å². The van der Waals surface area contributed by atoms with Crippen LogP contribution in [0, 0.1) is 0 Å². The number of H-pyrrole nitrogens is 1. The Balaban J connectivity index is 2.01. The Morgan fingerprint density at radius 2 is 2.14 bits per heavy atom. The molecule has 0 spiro atoms. The van der Waals surface area contributed by atoms with E-state index >= 15 is 0 Å². The lowest BCUT2D eigenvalue weighted by Gasteiger charge is -2.07. The summed E-state index contributed by atoms with van der Waals surface area (Å²) in [5.41, 5.74) is 6.68. The monoisotopic (exact) mass is 290 g/mol. The molecule has 21 heavy (non-hydrogen) atoms.